The van der Waals surface area contributed by atoms with Crippen LogP contribution >= 0.6 is 24.6 Å². The smallest absolute Gasteiger partial charge is 0.248 e. The summed E-state index contributed by atoms with van der Waals surface area (Å²) in [7, 11) is 9.18. The van der Waals surface area contributed by atoms with Crippen molar-refractivity contribution in [1.82, 2.24) is 25.7 Å². The van der Waals surface area contributed by atoms with Gasteiger partial charge >= 0.3 is 0 Å². The van der Waals surface area contributed by atoms with Gasteiger partial charge in [0.25, 0.3) is 0 Å². The summed E-state index contributed by atoms with van der Waals surface area (Å²) in [6.07, 6.45) is 0. The third kappa shape index (κ3) is 5.26. The van der Waals surface area contributed by atoms with E-state index in [0.29, 0.717) is 23.0 Å². The van der Waals surface area contributed by atoms with Crippen LogP contribution in [0.15, 0.2) is 0 Å². The fraction of sp³-hybridized carbons (Fsp3) is 0.556. The van der Waals surface area contributed by atoms with Gasteiger partial charge in [0.05, 0.1) is 0 Å². The number of hydrazine groups is 1. The Bertz CT molecular complexity index is 398. The number of aromatic nitrogens is 3. The molecule has 0 saturated carbocycles. The van der Waals surface area contributed by atoms with E-state index in [1.54, 1.807) is 16.8 Å². The van der Waals surface area contributed by atoms with Gasteiger partial charge in [-0.25, -0.2) is 0 Å². The Morgan fingerprint density at radius 1 is 1.00 bits per heavy atom. The molecule has 1 aromatic rings. The lowest BCUT2D eigenvalue weighted by atomic mass is 10.7. The molecule has 8 nitrogen and oxygen atoms in total. The topological polar surface area (TPSA) is 81.2 Å². The third-order valence-electron chi connectivity index (χ3n) is 1.93. The Labute approximate surface area is 124 Å². The highest BCUT2D eigenvalue weighted by Crippen LogP contribution is 2.12. The molecule has 0 fully saturated rings. The van der Waals surface area contributed by atoms with E-state index in [1.165, 1.54) is 0 Å². The molecule has 1 rings (SSSR count). The second-order valence-corrected chi connectivity index (χ2v) is 4.29. The van der Waals surface area contributed by atoms with Gasteiger partial charge in [0.2, 0.25) is 17.8 Å². The molecule has 0 aliphatic rings. The average Bonchev–Trinajstić information content (AvgIpc) is 2.35. The van der Waals surface area contributed by atoms with Gasteiger partial charge in [-0.1, -0.05) is 0 Å². The summed E-state index contributed by atoms with van der Waals surface area (Å²) in [6, 6.07) is 0. The highest BCUT2D eigenvalue weighted by atomic mass is 35.5. The van der Waals surface area contributed by atoms with E-state index in [9.17, 15) is 0 Å². The number of hydrogen-bond donors (Lipinski definition) is 3. The Hall–Kier alpha value is -1.61. The van der Waals surface area contributed by atoms with Gasteiger partial charge in [0.1, 0.15) is 0 Å². The Balaban J connectivity index is 0.00000324. The molecule has 0 aromatic carbocycles. The van der Waals surface area contributed by atoms with E-state index < -0.39 is 0 Å². The van der Waals surface area contributed by atoms with Crippen molar-refractivity contribution < 1.29 is 0 Å². The zero-order valence-electron chi connectivity index (χ0n) is 11.6. The van der Waals surface area contributed by atoms with Crippen molar-refractivity contribution in [2.75, 3.05) is 50.5 Å². The Kier molecular flexibility index (Phi) is 7.09. The summed E-state index contributed by atoms with van der Waals surface area (Å²) in [5.74, 6) is 1.52. The first-order valence-corrected chi connectivity index (χ1v) is 5.69. The van der Waals surface area contributed by atoms with E-state index in [-0.39, 0.29) is 12.4 Å². The lowest BCUT2D eigenvalue weighted by molar-refractivity contribution is 0.898. The maximum Gasteiger partial charge on any atom is 0.248 e. The van der Waals surface area contributed by atoms with Crippen molar-refractivity contribution in [3.05, 3.63) is 0 Å². The van der Waals surface area contributed by atoms with E-state index >= 15 is 0 Å². The molecule has 1 heterocycles. The van der Waals surface area contributed by atoms with Crippen LogP contribution in [-0.2, 0) is 0 Å². The quantitative estimate of drug-likeness (QED) is 0.519. The molecule has 3 N–H and O–H groups in total. The van der Waals surface area contributed by atoms with Crippen LogP contribution in [0.2, 0.25) is 0 Å². The molecule has 10 heteroatoms. The highest BCUT2D eigenvalue weighted by Gasteiger charge is 2.09. The first kappa shape index (κ1) is 17.4. The molecule has 0 radical (unpaired) electrons. The molecular formula is C9H19ClN8S. The number of anilines is 3. The fourth-order valence-corrected chi connectivity index (χ4v) is 1.04. The first-order chi connectivity index (χ1) is 8.43. The average molecular weight is 307 g/mol. The van der Waals surface area contributed by atoms with Crippen molar-refractivity contribution in [1.29, 1.82) is 0 Å². The Morgan fingerprint density at radius 2 is 1.47 bits per heavy atom. The minimum absolute atomic E-state index is 0. The molecule has 0 bridgehead atoms. The summed E-state index contributed by atoms with van der Waals surface area (Å²) in [6.45, 7) is 0. The van der Waals surface area contributed by atoms with Crippen LogP contribution in [0.3, 0.4) is 0 Å². The largest absolute Gasteiger partial charge is 0.364 e. The van der Waals surface area contributed by atoms with E-state index in [1.807, 2.05) is 28.2 Å². The van der Waals surface area contributed by atoms with E-state index in [4.69, 9.17) is 12.2 Å². The van der Waals surface area contributed by atoms with Crippen LogP contribution < -0.4 is 26.0 Å². The molecule has 0 aliphatic carbocycles. The molecule has 0 amide bonds. The number of halogens is 1. The van der Waals surface area contributed by atoms with Crippen LogP contribution in [0.5, 0.6) is 0 Å². The van der Waals surface area contributed by atoms with Crippen LogP contribution in [-0.4, -0.2) is 55.3 Å². The van der Waals surface area contributed by atoms with Crippen LogP contribution in [0.4, 0.5) is 17.8 Å². The number of nitrogens with one attached hydrogen (secondary N) is 3. The predicted octanol–water partition coefficient (Wildman–Crippen LogP) is -0.154. The van der Waals surface area contributed by atoms with Crippen molar-refractivity contribution >= 4 is 47.6 Å². The standard InChI is InChI=1S/C9H18N8S.ClH/c1-10-9(18)15-14-6-11-7(16(2)3)13-8(12-6)17(4)5;/h1-5H3,(H2,10,15,18)(H,11,12,13,14);1H. The number of hydrogen-bond acceptors (Lipinski definition) is 7. The van der Waals surface area contributed by atoms with Crippen LogP contribution in [0.1, 0.15) is 0 Å². The molecule has 0 atom stereocenters. The van der Waals surface area contributed by atoms with Gasteiger partial charge in [-0.15, -0.1) is 12.4 Å². The zero-order chi connectivity index (χ0) is 13.7. The SMILES string of the molecule is CNC(=S)NNc1nc(N(C)C)nc(N(C)C)n1.Cl. The van der Waals surface area contributed by atoms with Gasteiger partial charge in [-0.05, 0) is 12.2 Å². The minimum atomic E-state index is 0. The van der Waals surface area contributed by atoms with Gasteiger partial charge in [0, 0.05) is 35.2 Å². The van der Waals surface area contributed by atoms with Crippen molar-refractivity contribution in [2.24, 2.45) is 0 Å². The second kappa shape index (κ2) is 7.74. The molecular weight excluding hydrogens is 288 g/mol. The third-order valence-corrected chi connectivity index (χ3v) is 2.23. The summed E-state index contributed by atoms with van der Waals surface area (Å²) in [5, 5.41) is 3.23. The van der Waals surface area contributed by atoms with Crippen molar-refractivity contribution in [3.63, 3.8) is 0 Å². The monoisotopic (exact) mass is 306 g/mol. The minimum Gasteiger partial charge on any atom is -0.364 e. The normalized spacial score (nSPS) is 9.11. The molecule has 0 aliphatic heterocycles. The van der Waals surface area contributed by atoms with Crippen LogP contribution in [0.25, 0.3) is 0 Å². The molecule has 0 unspecified atom stereocenters. The fourth-order valence-electron chi connectivity index (χ4n) is 0.985. The molecule has 1 aromatic heterocycles. The van der Waals surface area contributed by atoms with Gasteiger partial charge in [0.15, 0.2) is 5.11 Å². The Morgan fingerprint density at radius 3 is 1.84 bits per heavy atom. The highest BCUT2D eigenvalue weighted by molar-refractivity contribution is 7.80. The van der Waals surface area contributed by atoms with Crippen molar-refractivity contribution in [3.8, 4) is 0 Å². The maximum atomic E-state index is 4.95. The van der Waals surface area contributed by atoms with Crippen molar-refractivity contribution in [2.45, 2.75) is 0 Å². The number of thiocarbonyl (C=S) groups is 1. The lowest BCUT2D eigenvalue weighted by Gasteiger charge is -2.17. The van der Waals surface area contributed by atoms with Gasteiger partial charge in [-0.3, -0.25) is 10.9 Å². The van der Waals surface area contributed by atoms with Crippen LogP contribution in [0, 0.1) is 0 Å². The molecule has 19 heavy (non-hydrogen) atoms. The molecule has 0 saturated heterocycles. The van der Waals surface area contributed by atoms with Gasteiger partial charge in [-0.2, -0.15) is 15.0 Å². The molecule has 0 spiro atoms. The summed E-state index contributed by atoms with van der Waals surface area (Å²) in [5.41, 5.74) is 5.58. The van der Waals surface area contributed by atoms with E-state index in [2.05, 4.69) is 31.1 Å². The summed E-state index contributed by atoms with van der Waals surface area (Å²) < 4.78 is 0. The molecule has 108 valence electrons. The predicted molar refractivity (Wildman–Crippen MR) is 84.1 cm³/mol. The first-order valence-electron chi connectivity index (χ1n) is 5.28. The van der Waals surface area contributed by atoms with E-state index in [0.717, 1.165) is 0 Å². The lowest BCUT2D eigenvalue weighted by Crippen LogP contribution is -2.37. The second-order valence-electron chi connectivity index (χ2n) is 3.88. The number of rotatable bonds is 4. The summed E-state index contributed by atoms with van der Waals surface area (Å²) >= 11 is 4.95. The number of nitrogens with zero attached hydrogens (tertiary/aromatic N) is 5. The van der Waals surface area contributed by atoms with Gasteiger partial charge < -0.3 is 15.1 Å². The summed E-state index contributed by atoms with van der Waals surface area (Å²) in [4.78, 5) is 16.4. The maximum absolute atomic E-state index is 4.95. The zero-order valence-corrected chi connectivity index (χ0v) is 13.2.